The predicted octanol–water partition coefficient (Wildman–Crippen LogP) is 5.48. The van der Waals surface area contributed by atoms with E-state index in [2.05, 4.69) is 54.6 Å². The highest BCUT2D eigenvalue weighted by Crippen LogP contribution is 2.23. The molecule has 4 rings (SSSR count). The van der Waals surface area contributed by atoms with Crippen molar-refractivity contribution < 1.29 is 9.90 Å². The van der Waals surface area contributed by atoms with Gasteiger partial charge in [0.2, 0.25) is 0 Å². The van der Waals surface area contributed by atoms with Gasteiger partial charge >= 0.3 is 0 Å². The summed E-state index contributed by atoms with van der Waals surface area (Å²) < 4.78 is 0. The van der Waals surface area contributed by atoms with Crippen LogP contribution in [0.2, 0.25) is 0 Å². The molecule has 4 aromatic carbocycles. The standard InChI is InChI=1S/C34H35N3O2/c1-37(2)23-28-12-7-13-31(20-28)29-14-16-30(17-15-29)34(39)36-33(21-25-8-4-3-5-9-25)32(24-38)19-26-10-6-11-27(18-26)22-35/h3-18,20,32-33,38H,19,21,23-24H2,1-2H3,(H,36,39). The van der Waals surface area contributed by atoms with Gasteiger partial charge in [0.1, 0.15) is 0 Å². The minimum absolute atomic E-state index is 0.0865. The van der Waals surface area contributed by atoms with Crippen LogP contribution in [-0.4, -0.2) is 42.7 Å². The Morgan fingerprint density at radius 3 is 2.21 bits per heavy atom. The van der Waals surface area contributed by atoms with Gasteiger partial charge in [-0.05, 0) is 85.1 Å². The number of aliphatic hydroxyl groups is 1. The third-order valence-electron chi connectivity index (χ3n) is 6.88. The molecule has 0 heterocycles. The lowest BCUT2D eigenvalue weighted by atomic mass is 9.88. The minimum atomic E-state index is -0.293. The summed E-state index contributed by atoms with van der Waals surface area (Å²) in [5.41, 5.74) is 6.60. The molecule has 0 aliphatic heterocycles. The highest BCUT2D eigenvalue weighted by molar-refractivity contribution is 5.95. The number of hydrogen-bond donors (Lipinski definition) is 2. The molecule has 0 spiro atoms. The molecule has 2 atom stereocenters. The third kappa shape index (κ3) is 7.87. The average Bonchev–Trinajstić information content (AvgIpc) is 2.96. The number of nitrogens with zero attached hydrogens (tertiary/aromatic N) is 2. The summed E-state index contributed by atoms with van der Waals surface area (Å²) in [6.45, 7) is 0.779. The van der Waals surface area contributed by atoms with Crippen molar-refractivity contribution in [2.45, 2.75) is 25.4 Å². The Morgan fingerprint density at radius 2 is 1.51 bits per heavy atom. The average molecular weight is 518 g/mol. The van der Waals surface area contributed by atoms with Crippen molar-refractivity contribution in [1.82, 2.24) is 10.2 Å². The summed E-state index contributed by atoms with van der Waals surface area (Å²) in [5, 5.41) is 22.9. The first-order valence-electron chi connectivity index (χ1n) is 13.2. The highest BCUT2D eigenvalue weighted by atomic mass is 16.3. The van der Waals surface area contributed by atoms with E-state index < -0.39 is 0 Å². The zero-order chi connectivity index (χ0) is 27.6. The molecular weight excluding hydrogens is 482 g/mol. The summed E-state index contributed by atoms with van der Waals surface area (Å²) >= 11 is 0. The normalized spacial score (nSPS) is 12.5. The number of carbonyl (C=O) groups excluding carboxylic acids is 1. The summed E-state index contributed by atoms with van der Waals surface area (Å²) in [6.07, 6.45) is 1.14. The highest BCUT2D eigenvalue weighted by Gasteiger charge is 2.24. The number of amides is 1. The lowest BCUT2D eigenvalue weighted by Gasteiger charge is -2.27. The van der Waals surface area contributed by atoms with Gasteiger partial charge in [0, 0.05) is 30.7 Å². The van der Waals surface area contributed by atoms with E-state index in [1.807, 2.05) is 72.8 Å². The van der Waals surface area contributed by atoms with E-state index in [0.717, 1.165) is 28.8 Å². The maximum absolute atomic E-state index is 13.4. The van der Waals surface area contributed by atoms with Gasteiger partial charge in [-0.15, -0.1) is 0 Å². The first-order valence-corrected chi connectivity index (χ1v) is 13.2. The van der Waals surface area contributed by atoms with Crippen LogP contribution in [0.15, 0.2) is 103 Å². The van der Waals surface area contributed by atoms with Crippen molar-refractivity contribution >= 4 is 5.91 Å². The van der Waals surface area contributed by atoms with E-state index in [9.17, 15) is 15.2 Å². The lowest BCUT2D eigenvalue weighted by Crippen LogP contribution is -2.44. The van der Waals surface area contributed by atoms with E-state index in [1.54, 1.807) is 6.07 Å². The predicted molar refractivity (Wildman–Crippen MR) is 156 cm³/mol. The molecule has 0 bridgehead atoms. The molecule has 5 nitrogen and oxygen atoms in total. The second-order valence-corrected chi connectivity index (χ2v) is 10.2. The second-order valence-electron chi connectivity index (χ2n) is 10.2. The first-order chi connectivity index (χ1) is 18.9. The number of nitriles is 1. The molecule has 1 amide bonds. The molecule has 4 aromatic rings. The van der Waals surface area contributed by atoms with Gasteiger partial charge in [-0.1, -0.05) is 72.8 Å². The Labute approximate surface area is 231 Å². The van der Waals surface area contributed by atoms with Gasteiger partial charge in [-0.25, -0.2) is 0 Å². The Bertz CT molecular complexity index is 1410. The van der Waals surface area contributed by atoms with Crippen LogP contribution in [0, 0.1) is 17.2 Å². The zero-order valence-corrected chi connectivity index (χ0v) is 22.5. The maximum Gasteiger partial charge on any atom is 0.251 e. The Morgan fingerprint density at radius 1 is 0.821 bits per heavy atom. The molecule has 5 heteroatoms. The zero-order valence-electron chi connectivity index (χ0n) is 22.5. The van der Waals surface area contributed by atoms with Crippen LogP contribution in [-0.2, 0) is 19.4 Å². The van der Waals surface area contributed by atoms with Crippen molar-refractivity contribution in [2.24, 2.45) is 5.92 Å². The fraction of sp³-hybridized carbons (Fsp3) is 0.235. The molecular formula is C34H35N3O2. The van der Waals surface area contributed by atoms with Gasteiger partial charge < -0.3 is 15.3 Å². The van der Waals surface area contributed by atoms with E-state index in [4.69, 9.17) is 0 Å². The van der Waals surface area contributed by atoms with Crippen LogP contribution in [0.3, 0.4) is 0 Å². The van der Waals surface area contributed by atoms with Crippen LogP contribution < -0.4 is 5.32 Å². The summed E-state index contributed by atoms with van der Waals surface area (Å²) in [7, 11) is 4.10. The van der Waals surface area contributed by atoms with E-state index in [-0.39, 0.29) is 24.5 Å². The van der Waals surface area contributed by atoms with E-state index in [1.165, 1.54) is 5.56 Å². The fourth-order valence-electron chi connectivity index (χ4n) is 4.89. The van der Waals surface area contributed by atoms with Crippen LogP contribution in [0.5, 0.6) is 0 Å². The SMILES string of the molecule is CN(C)Cc1cccc(-c2ccc(C(=O)NC(Cc3ccccc3)C(CO)Cc3cccc(C#N)c3)cc2)c1. The van der Waals surface area contributed by atoms with Gasteiger partial charge in [0.15, 0.2) is 0 Å². The largest absolute Gasteiger partial charge is 0.396 e. The molecule has 0 saturated heterocycles. The van der Waals surface area contributed by atoms with Crippen molar-refractivity contribution in [2.75, 3.05) is 20.7 Å². The molecule has 2 N–H and O–H groups in total. The topological polar surface area (TPSA) is 76.4 Å². The van der Waals surface area contributed by atoms with Crippen LogP contribution in [0.4, 0.5) is 0 Å². The molecule has 39 heavy (non-hydrogen) atoms. The number of rotatable bonds is 11. The van der Waals surface area contributed by atoms with E-state index >= 15 is 0 Å². The Balaban J connectivity index is 1.53. The smallest absolute Gasteiger partial charge is 0.251 e. The summed E-state index contributed by atoms with van der Waals surface area (Å²) in [5.74, 6) is -0.394. The summed E-state index contributed by atoms with van der Waals surface area (Å²) in [6, 6.07) is 35.4. The van der Waals surface area contributed by atoms with Crippen molar-refractivity contribution in [3.05, 3.63) is 131 Å². The Hall–Kier alpha value is -4.24. The van der Waals surface area contributed by atoms with E-state index in [0.29, 0.717) is 24.0 Å². The van der Waals surface area contributed by atoms with Crippen molar-refractivity contribution in [3.8, 4) is 17.2 Å². The molecule has 0 aliphatic rings. The lowest BCUT2D eigenvalue weighted by molar-refractivity contribution is 0.0903. The monoisotopic (exact) mass is 517 g/mol. The van der Waals surface area contributed by atoms with Crippen molar-refractivity contribution in [1.29, 1.82) is 5.26 Å². The number of carbonyl (C=O) groups is 1. The molecule has 0 saturated carbocycles. The number of nitrogens with one attached hydrogen (secondary N) is 1. The molecule has 2 unspecified atom stereocenters. The minimum Gasteiger partial charge on any atom is -0.396 e. The quantitative estimate of drug-likeness (QED) is 0.276. The summed E-state index contributed by atoms with van der Waals surface area (Å²) in [4.78, 5) is 15.5. The Kier molecular flexibility index (Phi) is 9.64. The first kappa shape index (κ1) is 27.8. The molecule has 0 fully saturated rings. The van der Waals surface area contributed by atoms with Gasteiger partial charge in [-0.3, -0.25) is 4.79 Å². The third-order valence-corrected chi connectivity index (χ3v) is 6.88. The molecule has 0 radical (unpaired) electrons. The van der Waals surface area contributed by atoms with Gasteiger partial charge in [0.25, 0.3) is 5.91 Å². The van der Waals surface area contributed by atoms with Crippen LogP contribution in [0.25, 0.3) is 11.1 Å². The van der Waals surface area contributed by atoms with Crippen LogP contribution >= 0.6 is 0 Å². The van der Waals surface area contributed by atoms with Crippen LogP contribution in [0.1, 0.15) is 32.6 Å². The molecule has 198 valence electrons. The molecule has 0 aromatic heterocycles. The fourth-order valence-corrected chi connectivity index (χ4v) is 4.89. The second kappa shape index (κ2) is 13.5. The number of aliphatic hydroxyl groups excluding tert-OH is 1. The number of hydrogen-bond acceptors (Lipinski definition) is 4. The van der Waals surface area contributed by atoms with Gasteiger partial charge in [-0.2, -0.15) is 5.26 Å². The van der Waals surface area contributed by atoms with Crippen molar-refractivity contribution in [3.63, 3.8) is 0 Å². The van der Waals surface area contributed by atoms with Gasteiger partial charge in [0.05, 0.1) is 11.6 Å². The molecule has 0 aliphatic carbocycles. The maximum atomic E-state index is 13.4. The number of benzene rings is 4.